The van der Waals surface area contributed by atoms with Crippen molar-refractivity contribution in [2.24, 2.45) is 5.10 Å². The van der Waals surface area contributed by atoms with Crippen LogP contribution < -0.4 is 14.5 Å². The fraction of sp³-hybridized carbons (Fsp3) is 0.172. The van der Waals surface area contributed by atoms with E-state index in [1.807, 2.05) is 43.3 Å². The summed E-state index contributed by atoms with van der Waals surface area (Å²) in [5, 5.41) is 14.9. The second-order valence-electron chi connectivity index (χ2n) is 7.96. The Morgan fingerprint density at radius 2 is 1.74 bits per heavy atom. The van der Waals surface area contributed by atoms with Crippen LogP contribution in [-0.2, 0) is 9.53 Å². The quantitative estimate of drug-likeness (QED) is 0.238. The first-order valence-corrected chi connectivity index (χ1v) is 12.7. The van der Waals surface area contributed by atoms with Crippen LogP contribution in [0.2, 0.25) is 0 Å². The third kappa shape index (κ3) is 5.76. The van der Waals surface area contributed by atoms with Crippen LogP contribution >= 0.6 is 15.9 Å². The van der Waals surface area contributed by atoms with Gasteiger partial charge in [0.1, 0.15) is 11.8 Å². The summed E-state index contributed by atoms with van der Waals surface area (Å²) in [6, 6.07) is 21.3. The average Bonchev–Trinajstić information content (AvgIpc) is 3.26. The molecule has 192 valence electrons. The van der Waals surface area contributed by atoms with E-state index < -0.39 is 5.97 Å². The number of benzene rings is 3. The zero-order valence-corrected chi connectivity index (χ0v) is 22.4. The fourth-order valence-corrected chi connectivity index (χ4v) is 4.23. The summed E-state index contributed by atoms with van der Waals surface area (Å²) >= 11 is 3.55. The first kappa shape index (κ1) is 26.6. The number of carbonyl (C=O) groups is 2. The maximum Gasteiger partial charge on any atom is 0.338 e. The largest absolute Gasteiger partial charge is 0.490 e. The lowest BCUT2D eigenvalue weighted by Crippen LogP contribution is -2.21. The summed E-state index contributed by atoms with van der Waals surface area (Å²) in [6.45, 7) is 4.13. The molecule has 0 radical (unpaired) electrons. The van der Waals surface area contributed by atoms with E-state index in [9.17, 15) is 9.59 Å². The van der Waals surface area contributed by atoms with Gasteiger partial charge in [-0.1, -0.05) is 46.3 Å². The van der Waals surface area contributed by atoms with E-state index in [1.54, 1.807) is 49.4 Å². The number of hydrogen-bond acceptors (Lipinski definition) is 7. The number of carbonyl (C=O) groups excluding carboxylic acids is 2. The summed E-state index contributed by atoms with van der Waals surface area (Å²) in [6.07, 6.45) is 1.74. The number of esters is 1. The van der Waals surface area contributed by atoms with Gasteiger partial charge in [0, 0.05) is 10.0 Å². The van der Waals surface area contributed by atoms with Crippen LogP contribution in [0.3, 0.4) is 0 Å². The van der Waals surface area contributed by atoms with Gasteiger partial charge in [-0.2, -0.15) is 15.4 Å². The van der Waals surface area contributed by atoms with Gasteiger partial charge in [-0.3, -0.25) is 4.79 Å². The summed E-state index contributed by atoms with van der Waals surface area (Å²) in [7, 11) is 0. The van der Waals surface area contributed by atoms with Gasteiger partial charge in [0.05, 0.1) is 30.0 Å². The summed E-state index contributed by atoms with van der Waals surface area (Å²) < 4.78 is 16.9. The van der Waals surface area contributed by atoms with Crippen molar-refractivity contribution in [3.8, 4) is 17.6 Å². The Bertz CT molecular complexity index is 1440. The van der Waals surface area contributed by atoms with Crippen molar-refractivity contribution >= 4 is 45.3 Å². The summed E-state index contributed by atoms with van der Waals surface area (Å²) in [5.74, 6) is 0.105. The minimum atomic E-state index is -0.432. The average molecular weight is 574 g/mol. The molecule has 3 aromatic carbocycles. The van der Waals surface area contributed by atoms with Crippen molar-refractivity contribution < 1.29 is 23.8 Å². The van der Waals surface area contributed by atoms with Crippen molar-refractivity contribution in [3.05, 3.63) is 93.5 Å². The molecule has 1 aliphatic heterocycles. The molecule has 0 bridgehead atoms. The standard InChI is InChI=1S/C29H24BrN3O5/c1-3-36-25-17-21(24(30)18-26(25)38-15-14-31)16-23-27(19-8-6-5-7-9-19)32-33(28(23)34)22-12-10-20(11-13-22)29(35)37-4-2/h5-13,16-18H,3-4,15H2,1-2H3/b23-16-. The van der Waals surface area contributed by atoms with Gasteiger partial charge in [-0.15, -0.1) is 0 Å². The molecule has 8 nitrogen and oxygen atoms in total. The number of amides is 1. The Kier molecular flexibility index (Phi) is 8.56. The lowest BCUT2D eigenvalue weighted by molar-refractivity contribution is -0.114. The smallest absolute Gasteiger partial charge is 0.338 e. The van der Waals surface area contributed by atoms with Gasteiger partial charge < -0.3 is 14.2 Å². The van der Waals surface area contributed by atoms with Gasteiger partial charge in [-0.05, 0) is 61.9 Å². The predicted octanol–water partition coefficient (Wildman–Crippen LogP) is 5.76. The molecule has 3 aromatic rings. The normalized spacial score (nSPS) is 13.7. The highest BCUT2D eigenvalue weighted by atomic mass is 79.9. The summed E-state index contributed by atoms with van der Waals surface area (Å²) in [5.41, 5.74) is 3.21. The van der Waals surface area contributed by atoms with Crippen LogP contribution in [-0.4, -0.2) is 37.4 Å². The summed E-state index contributed by atoms with van der Waals surface area (Å²) in [4.78, 5) is 25.7. The molecule has 9 heteroatoms. The molecule has 4 rings (SSSR count). The number of ether oxygens (including phenoxy) is 3. The molecular weight excluding hydrogens is 550 g/mol. The van der Waals surface area contributed by atoms with Crippen molar-refractivity contribution in [2.75, 3.05) is 24.8 Å². The first-order chi connectivity index (χ1) is 18.5. The number of hydrazone groups is 1. The van der Waals surface area contributed by atoms with Crippen LogP contribution in [0, 0.1) is 11.3 Å². The molecule has 0 saturated carbocycles. The van der Waals surface area contributed by atoms with E-state index >= 15 is 0 Å². The maximum absolute atomic E-state index is 13.7. The number of hydrogen-bond donors (Lipinski definition) is 0. The molecule has 1 aliphatic rings. The minimum Gasteiger partial charge on any atom is -0.490 e. The Hall–Kier alpha value is -4.42. The molecule has 0 aliphatic carbocycles. The third-order valence-corrected chi connectivity index (χ3v) is 6.19. The van der Waals surface area contributed by atoms with Crippen molar-refractivity contribution in [1.82, 2.24) is 0 Å². The Labute approximate surface area is 228 Å². The monoisotopic (exact) mass is 573 g/mol. The minimum absolute atomic E-state index is 0.125. The number of anilines is 1. The molecule has 0 unspecified atom stereocenters. The second kappa shape index (κ2) is 12.2. The number of nitriles is 1. The number of halogens is 1. The van der Waals surface area contributed by atoms with Crippen LogP contribution in [0.1, 0.15) is 35.3 Å². The molecule has 0 fully saturated rings. The van der Waals surface area contributed by atoms with E-state index in [1.165, 1.54) is 5.01 Å². The van der Waals surface area contributed by atoms with Crippen LogP contribution in [0.4, 0.5) is 5.69 Å². The third-order valence-electron chi connectivity index (χ3n) is 5.50. The topological polar surface area (TPSA) is 101 Å². The maximum atomic E-state index is 13.7. The molecule has 0 spiro atoms. The van der Waals surface area contributed by atoms with Gasteiger partial charge in [0.15, 0.2) is 18.1 Å². The van der Waals surface area contributed by atoms with Crippen molar-refractivity contribution in [1.29, 1.82) is 5.26 Å². The van der Waals surface area contributed by atoms with Gasteiger partial charge in [0.25, 0.3) is 5.91 Å². The van der Waals surface area contributed by atoms with Crippen LogP contribution in [0.25, 0.3) is 6.08 Å². The van der Waals surface area contributed by atoms with Gasteiger partial charge >= 0.3 is 5.97 Å². The van der Waals surface area contributed by atoms with E-state index in [2.05, 4.69) is 21.0 Å². The van der Waals surface area contributed by atoms with Crippen molar-refractivity contribution in [3.63, 3.8) is 0 Å². The molecule has 38 heavy (non-hydrogen) atoms. The Balaban J connectivity index is 1.76. The molecular formula is C29H24BrN3O5. The molecule has 1 amide bonds. The first-order valence-electron chi connectivity index (χ1n) is 11.9. The predicted molar refractivity (Wildman–Crippen MR) is 147 cm³/mol. The van der Waals surface area contributed by atoms with E-state index in [4.69, 9.17) is 19.5 Å². The number of rotatable bonds is 9. The highest BCUT2D eigenvalue weighted by Crippen LogP contribution is 2.36. The molecule has 1 heterocycles. The second-order valence-corrected chi connectivity index (χ2v) is 8.81. The van der Waals surface area contributed by atoms with E-state index in [0.29, 0.717) is 50.7 Å². The lowest BCUT2D eigenvalue weighted by atomic mass is 10.00. The van der Waals surface area contributed by atoms with E-state index in [0.717, 1.165) is 5.56 Å². The van der Waals surface area contributed by atoms with Gasteiger partial charge in [0.2, 0.25) is 0 Å². The SMILES string of the molecule is CCOC(=O)c1ccc(N2N=C(c3ccccc3)/C(=C/c3cc(OCC)c(OCC#N)cc3Br)C2=O)cc1. The van der Waals surface area contributed by atoms with Crippen LogP contribution in [0.15, 0.2) is 81.9 Å². The van der Waals surface area contributed by atoms with E-state index in [-0.39, 0.29) is 19.1 Å². The van der Waals surface area contributed by atoms with Gasteiger partial charge in [-0.25, -0.2) is 4.79 Å². The highest BCUT2D eigenvalue weighted by Gasteiger charge is 2.32. The van der Waals surface area contributed by atoms with Crippen LogP contribution in [0.5, 0.6) is 11.5 Å². The number of nitrogens with zero attached hydrogens (tertiary/aromatic N) is 3. The molecule has 0 aromatic heterocycles. The molecule has 0 N–H and O–H groups in total. The fourth-order valence-electron chi connectivity index (χ4n) is 3.79. The molecule has 0 atom stereocenters. The Morgan fingerprint density at radius 1 is 1.03 bits per heavy atom. The Morgan fingerprint density at radius 3 is 2.39 bits per heavy atom. The zero-order valence-electron chi connectivity index (χ0n) is 20.8. The lowest BCUT2D eigenvalue weighted by Gasteiger charge is -2.13. The highest BCUT2D eigenvalue weighted by molar-refractivity contribution is 9.10. The molecule has 0 saturated heterocycles. The van der Waals surface area contributed by atoms with Crippen molar-refractivity contribution in [2.45, 2.75) is 13.8 Å². The zero-order chi connectivity index (χ0) is 27.1.